The van der Waals surface area contributed by atoms with E-state index in [-0.39, 0.29) is 6.10 Å². The van der Waals surface area contributed by atoms with Gasteiger partial charge in [-0.05, 0) is 20.9 Å². The average molecular weight is 191 g/mol. The molecule has 0 aromatic rings. The Balaban J connectivity index is 3.29. The Hall–Kier alpha value is -0.160. The molecule has 0 fully saturated rings. The fourth-order valence-corrected chi connectivity index (χ4v) is 0.902. The highest BCUT2D eigenvalue weighted by atomic mass is 16.5. The molecular formula is C9H21NO3. The number of hydrogen-bond donors (Lipinski definition) is 2. The predicted octanol–water partition coefficient (Wildman–Crippen LogP) is 0.00830. The minimum Gasteiger partial charge on any atom is -0.389 e. The van der Waals surface area contributed by atoms with E-state index >= 15 is 0 Å². The van der Waals surface area contributed by atoms with Gasteiger partial charge in [-0.2, -0.15) is 0 Å². The van der Waals surface area contributed by atoms with Crippen LogP contribution in [0.1, 0.15) is 13.8 Å². The zero-order chi connectivity index (χ0) is 10.1. The first-order valence-corrected chi connectivity index (χ1v) is 4.72. The fraction of sp³-hybridized carbons (Fsp3) is 1.00. The molecule has 13 heavy (non-hydrogen) atoms. The van der Waals surface area contributed by atoms with Crippen molar-refractivity contribution in [2.45, 2.75) is 26.1 Å². The summed E-state index contributed by atoms with van der Waals surface area (Å²) in [6.45, 7) is 6.08. The number of nitrogens with one attached hydrogen (secondary N) is 1. The molecule has 0 saturated carbocycles. The van der Waals surface area contributed by atoms with E-state index in [4.69, 9.17) is 9.47 Å². The first-order valence-electron chi connectivity index (χ1n) is 4.72. The molecule has 4 nitrogen and oxygen atoms in total. The molecule has 4 heteroatoms. The summed E-state index contributed by atoms with van der Waals surface area (Å²) in [4.78, 5) is 0. The molecule has 0 aromatic carbocycles. The fourth-order valence-electron chi connectivity index (χ4n) is 0.902. The molecule has 2 N–H and O–H groups in total. The lowest BCUT2D eigenvalue weighted by Crippen LogP contribution is -2.30. The molecule has 2 atom stereocenters. The number of rotatable bonds is 8. The second kappa shape index (κ2) is 8.44. The molecule has 2 unspecified atom stereocenters. The van der Waals surface area contributed by atoms with Crippen molar-refractivity contribution in [1.29, 1.82) is 0 Å². The Bertz CT molecular complexity index is 111. The molecule has 0 aliphatic carbocycles. The van der Waals surface area contributed by atoms with Crippen molar-refractivity contribution in [2.24, 2.45) is 0 Å². The zero-order valence-corrected chi connectivity index (χ0v) is 8.75. The van der Waals surface area contributed by atoms with Crippen LogP contribution in [0.25, 0.3) is 0 Å². The van der Waals surface area contributed by atoms with E-state index in [1.165, 1.54) is 0 Å². The van der Waals surface area contributed by atoms with E-state index < -0.39 is 6.10 Å². The van der Waals surface area contributed by atoms with Crippen LogP contribution in [0.3, 0.4) is 0 Å². The van der Waals surface area contributed by atoms with Gasteiger partial charge in [-0.1, -0.05) is 0 Å². The van der Waals surface area contributed by atoms with E-state index in [0.29, 0.717) is 26.4 Å². The summed E-state index contributed by atoms with van der Waals surface area (Å²) in [5.41, 5.74) is 0. The van der Waals surface area contributed by atoms with Crippen molar-refractivity contribution in [3.63, 3.8) is 0 Å². The summed E-state index contributed by atoms with van der Waals surface area (Å²) in [6, 6.07) is 0. The van der Waals surface area contributed by atoms with Gasteiger partial charge in [-0.3, -0.25) is 0 Å². The summed E-state index contributed by atoms with van der Waals surface area (Å²) >= 11 is 0. The van der Waals surface area contributed by atoms with Crippen LogP contribution < -0.4 is 5.32 Å². The van der Waals surface area contributed by atoms with Gasteiger partial charge in [0.15, 0.2) is 0 Å². The van der Waals surface area contributed by atoms with Crippen LogP contribution in [0.15, 0.2) is 0 Å². The number of ether oxygens (including phenoxy) is 2. The standard InChI is InChI=1S/C9H21NO3/c1-4-12-6-8(2)13-7-9(11)5-10-3/h8-11H,4-7H2,1-3H3. The highest BCUT2D eigenvalue weighted by Crippen LogP contribution is 1.93. The SMILES string of the molecule is CCOCC(C)OCC(O)CNC. The highest BCUT2D eigenvalue weighted by Gasteiger charge is 2.06. The van der Waals surface area contributed by atoms with E-state index in [9.17, 15) is 5.11 Å². The van der Waals surface area contributed by atoms with E-state index in [2.05, 4.69) is 5.32 Å². The van der Waals surface area contributed by atoms with Crippen molar-refractivity contribution in [3.05, 3.63) is 0 Å². The molecule has 0 amide bonds. The van der Waals surface area contributed by atoms with Gasteiger partial charge in [0, 0.05) is 13.2 Å². The van der Waals surface area contributed by atoms with E-state index in [1.54, 1.807) is 7.05 Å². The third-order valence-corrected chi connectivity index (χ3v) is 1.57. The van der Waals surface area contributed by atoms with Crippen LogP contribution in [-0.4, -0.2) is 50.7 Å². The molecule has 0 saturated heterocycles. The summed E-state index contributed by atoms with van der Waals surface area (Å²) < 4.78 is 10.5. The maximum Gasteiger partial charge on any atom is 0.0897 e. The second-order valence-electron chi connectivity index (χ2n) is 3.01. The molecule has 0 bridgehead atoms. The highest BCUT2D eigenvalue weighted by molar-refractivity contribution is 4.57. The lowest BCUT2D eigenvalue weighted by Gasteiger charge is -2.15. The van der Waals surface area contributed by atoms with Gasteiger partial charge in [0.2, 0.25) is 0 Å². The Labute approximate surface area is 80.2 Å². The largest absolute Gasteiger partial charge is 0.389 e. The topological polar surface area (TPSA) is 50.7 Å². The normalized spacial score (nSPS) is 15.7. The quantitative estimate of drug-likeness (QED) is 0.567. The van der Waals surface area contributed by atoms with Gasteiger partial charge < -0.3 is 19.9 Å². The van der Waals surface area contributed by atoms with Crippen molar-refractivity contribution < 1.29 is 14.6 Å². The van der Waals surface area contributed by atoms with Crippen LogP contribution in [0.2, 0.25) is 0 Å². The van der Waals surface area contributed by atoms with Gasteiger partial charge >= 0.3 is 0 Å². The first kappa shape index (κ1) is 12.8. The summed E-state index contributed by atoms with van der Waals surface area (Å²) in [5.74, 6) is 0. The van der Waals surface area contributed by atoms with Crippen LogP contribution in [0.4, 0.5) is 0 Å². The monoisotopic (exact) mass is 191 g/mol. The average Bonchev–Trinajstić information content (AvgIpc) is 2.12. The molecular weight excluding hydrogens is 170 g/mol. The summed E-state index contributed by atoms with van der Waals surface area (Å²) in [7, 11) is 1.80. The van der Waals surface area contributed by atoms with Gasteiger partial charge in [0.1, 0.15) is 0 Å². The van der Waals surface area contributed by atoms with Crippen LogP contribution >= 0.6 is 0 Å². The number of aliphatic hydroxyl groups excluding tert-OH is 1. The summed E-state index contributed by atoms with van der Waals surface area (Å²) in [5, 5.41) is 12.2. The van der Waals surface area contributed by atoms with Crippen molar-refractivity contribution in [2.75, 3.05) is 33.4 Å². The van der Waals surface area contributed by atoms with Crippen LogP contribution in [0, 0.1) is 0 Å². The van der Waals surface area contributed by atoms with Crippen molar-refractivity contribution in [3.8, 4) is 0 Å². The predicted molar refractivity (Wildman–Crippen MR) is 51.8 cm³/mol. The molecule has 0 heterocycles. The lowest BCUT2D eigenvalue weighted by atomic mass is 10.3. The first-order chi connectivity index (χ1) is 6.20. The molecule has 80 valence electrons. The Morgan fingerprint density at radius 1 is 1.38 bits per heavy atom. The Morgan fingerprint density at radius 3 is 2.62 bits per heavy atom. The van der Waals surface area contributed by atoms with Gasteiger partial charge in [0.25, 0.3) is 0 Å². The number of likely N-dealkylation sites (N-methyl/N-ethyl adjacent to an activating group) is 1. The molecule has 0 aliphatic heterocycles. The molecule has 0 aromatic heterocycles. The van der Waals surface area contributed by atoms with Gasteiger partial charge in [-0.25, -0.2) is 0 Å². The minimum absolute atomic E-state index is 0.0476. The minimum atomic E-state index is -0.436. The maximum atomic E-state index is 9.30. The smallest absolute Gasteiger partial charge is 0.0897 e. The van der Waals surface area contributed by atoms with Crippen molar-refractivity contribution >= 4 is 0 Å². The third kappa shape index (κ3) is 8.18. The lowest BCUT2D eigenvalue weighted by molar-refractivity contribution is -0.0377. The summed E-state index contributed by atoms with van der Waals surface area (Å²) in [6.07, 6.45) is -0.388. The maximum absolute atomic E-state index is 9.30. The van der Waals surface area contributed by atoms with Gasteiger partial charge in [-0.15, -0.1) is 0 Å². The third-order valence-electron chi connectivity index (χ3n) is 1.57. The second-order valence-corrected chi connectivity index (χ2v) is 3.01. The zero-order valence-electron chi connectivity index (χ0n) is 8.75. The molecule has 0 spiro atoms. The van der Waals surface area contributed by atoms with Crippen molar-refractivity contribution in [1.82, 2.24) is 5.32 Å². The Kier molecular flexibility index (Phi) is 8.33. The number of hydrogen-bond acceptors (Lipinski definition) is 4. The van der Waals surface area contributed by atoms with Crippen LogP contribution in [-0.2, 0) is 9.47 Å². The van der Waals surface area contributed by atoms with E-state index in [0.717, 1.165) is 0 Å². The molecule has 0 rings (SSSR count). The van der Waals surface area contributed by atoms with E-state index in [1.807, 2.05) is 13.8 Å². The molecule has 0 radical (unpaired) electrons. The van der Waals surface area contributed by atoms with Crippen LogP contribution in [0.5, 0.6) is 0 Å². The molecule has 0 aliphatic rings. The Morgan fingerprint density at radius 2 is 2.08 bits per heavy atom. The van der Waals surface area contributed by atoms with Gasteiger partial charge in [0.05, 0.1) is 25.4 Å². The number of aliphatic hydroxyl groups is 1.